The zero-order valence-electron chi connectivity index (χ0n) is 14.6. The number of phenols is 1. The second-order valence-corrected chi connectivity index (χ2v) is 8.03. The van der Waals surface area contributed by atoms with Crippen molar-refractivity contribution in [1.29, 1.82) is 0 Å². The first-order valence-corrected chi connectivity index (χ1v) is 9.88. The molecule has 0 spiro atoms. The lowest BCUT2D eigenvalue weighted by atomic mass is 10.1. The van der Waals surface area contributed by atoms with Gasteiger partial charge in [-0.1, -0.05) is 45.2 Å². The van der Waals surface area contributed by atoms with Crippen LogP contribution in [0.2, 0.25) is 0 Å². The van der Waals surface area contributed by atoms with Crippen LogP contribution in [0, 0.1) is 0 Å². The van der Waals surface area contributed by atoms with Crippen molar-refractivity contribution in [1.82, 2.24) is 4.98 Å². The number of anilines is 1. The molecular weight excluding hydrogens is 485 g/mol. The van der Waals surface area contributed by atoms with Crippen LogP contribution < -0.4 is 10.9 Å². The second kappa shape index (κ2) is 8.86. The molecule has 2 aromatic carbocycles. The lowest BCUT2D eigenvalue weighted by Gasteiger charge is -2.09. The number of pyridine rings is 1. The van der Waals surface area contributed by atoms with Gasteiger partial charge in [0.2, 0.25) is 5.88 Å². The number of halogens is 3. The molecule has 0 bridgehead atoms. The Bertz CT molecular complexity index is 1180. The van der Waals surface area contributed by atoms with Gasteiger partial charge in [0.25, 0.3) is 11.5 Å². The standard InChI is InChI=1S/C19H14BrCl2N3O4/c20-10-2-3-11-12(6-10)13(18(28)25-17(11)27)8-23-7-9-1-4-14(15(26)5-9)24-19(29)16(21)22/h1-6,8,16,26H,7H2,(H,24,29)(H2,25,27,28). The molecule has 0 fully saturated rings. The van der Waals surface area contributed by atoms with E-state index in [9.17, 15) is 19.8 Å². The quantitative estimate of drug-likeness (QED) is 0.241. The Kier molecular flexibility index (Phi) is 6.46. The SMILES string of the molecule is O=C(Nc1ccc(CN=Cc2c(O)[nH]c(=O)c3ccc(Br)cc23)cc1O)C(Cl)Cl. The van der Waals surface area contributed by atoms with Crippen LogP contribution in [-0.4, -0.2) is 32.2 Å². The van der Waals surface area contributed by atoms with E-state index in [4.69, 9.17) is 23.2 Å². The highest BCUT2D eigenvalue weighted by atomic mass is 79.9. The maximum absolute atomic E-state index is 12.0. The Labute approximate surface area is 183 Å². The van der Waals surface area contributed by atoms with Crippen LogP contribution in [0.25, 0.3) is 10.8 Å². The van der Waals surface area contributed by atoms with Gasteiger partial charge in [-0.25, -0.2) is 0 Å². The number of carbonyl (C=O) groups excluding carboxylic acids is 1. The van der Waals surface area contributed by atoms with Gasteiger partial charge in [0.1, 0.15) is 5.75 Å². The van der Waals surface area contributed by atoms with Crippen LogP contribution in [-0.2, 0) is 11.3 Å². The minimum atomic E-state index is -1.25. The zero-order chi connectivity index (χ0) is 21.1. The smallest absolute Gasteiger partial charge is 0.258 e. The first-order valence-electron chi connectivity index (χ1n) is 8.21. The summed E-state index contributed by atoms with van der Waals surface area (Å²) in [6, 6.07) is 9.69. The number of hydrogen-bond acceptors (Lipinski definition) is 5. The second-order valence-electron chi connectivity index (χ2n) is 6.02. The van der Waals surface area contributed by atoms with Crippen molar-refractivity contribution in [2.45, 2.75) is 11.4 Å². The number of rotatable bonds is 5. The highest BCUT2D eigenvalue weighted by Crippen LogP contribution is 2.26. The van der Waals surface area contributed by atoms with Crippen molar-refractivity contribution in [2.24, 2.45) is 4.99 Å². The molecule has 1 heterocycles. The molecule has 0 aliphatic carbocycles. The number of fused-ring (bicyclic) bond motifs is 1. The summed E-state index contributed by atoms with van der Waals surface area (Å²) in [6.07, 6.45) is 1.44. The molecule has 1 aromatic heterocycles. The first-order chi connectivity index (χ1) is 13.8. The van der Waals surface area contributed by atoms with Crippen molar-refractivity contribution >= 4 is 67.7 Å². The van der Waals surface area contributed by atoms with Crippen molar-refractivity contribution in [3.05, 3.63) is 62.4 Å². The predicted molar refractivity (Wildman–Crippen MR) is 117 cm³/mol. The van der Waals surface area contributed by atoms with Crippen LogP contribution in [0.5, 0.6) is 11.6 Å². The third kappa shape index (κ3) is 4.90. The summed E-state index contributed by atoms with van der Waals surface area (Å²) in [4.78, 5) is 28.9. The maximum atomic E-state index is 12.0. The number of nitrogens with zero attached hydrogens (tertiary/aromatic N) is 1. The number of H-pyrrole nitrogens is 1. The predicted octanol–water partition coefficient (Wildman–Crippen LogP) is 4.06. The third-order valence-corrected chi connectivity index (χ3v) is 4.91. The minimum absolute atomic E-state index is 0.165. The monoisotopic (exact) mass is 497 g/mol. The molecule has 3 aromatic rings. The number of aliphatic imine (C=N–C) groups is 1. The molecular formula is C19H14BrCl2N3O4. The average Bonchev–Trinajstić information content (AvgIpc) is 2.66. The average molecular weight is 499 g/mol. The molecule has 0 aliphatic rings. The number of aromatic amines is 1. The minimum Gasteiger partial charge on any atom is -0.506 e. The first kappa shape index (κ1) is 21.2. The summed E-state index contributed by atoms with van der Waals surface area (Å²) >= 11 is 14.3. The van der Waals surface area contributed by atoms with E-state index in [2.05, 4.69) is 31.2 Å². The van der Waals surface area contributed by atoms with E-state index in [-0.39, 0.29) is 23.9 Å². The van der Waals surface area contributed by atoms with E-state index < -0.39 is 16.3 Å². The lowest BCUT2D eigenvalue weighted by Crippen LogP contribution is -2.18. The van der Waals surface area contributed by atoms with Crippen LogP contribution in [0.3, 0.4) is 0 Å². The molecule has 0 aliphatic heterocycles. The molecule has 7 nitrogen and oxygen atoms in total. The maximum Gasteiger partial charge on any atom is 0.258 e. The summed E-state index contributed by atoms with van der Waals surface area (Å²) in [5.41, 5.74) is 0.785. The lowest BCUT2D eigenvalue weighted by molar-refractivity contribution is -0.114. The molecule has 0 radical (unpaired) electrons. The van der Waals surface area contributed by atoms with Gasteiger partial charge in [0.05, 0.1) is 17.8 Å². The van der Waals surface area contributed by atoms with Crippen molar-refractivity contribution in [2.75, 3.05) is 5.32 Å². The van der Waals surface area contributed by atoms with E-state index in [1.54, 1.807) is 24.3 Å². The zero-order valence-corrected chi connectivity index (χ0v) is 17.7. The van der Waals surface area contributed by atoms with Crippen molar-refractivity contribution in [3.63, 3.8) is 0 Å². The summed E-state index contributed by atoms with van der Waals surface area (Å²) in [5, 5.41) is 23.5. The fraction of sp³-hybridized carbons (Fsp3) is 0.105. The Morgan fingerprint density at radius 1 is 1.21 bits per heavy atom. The fourth-order valence-corrected chi connectivity index (χ4v) is 3.12. The number of carbonyl (C=O) groups is 1. The molecule has 0 atom stereocenters. The highest BCUT2D eigenvalue weighted by molar-refractivity contribution is 9.10. The van der Waals surface area contributed by atoms with E-state index in [0.717, 1.165) is 4.47 Å². The molecule has 4 N–H and O–H groups in total. The molecule has 0 saturated carbocycles. The molecule has 150 valence electrons. The number of amides is 1. The largest absolute Gasteiger partial charge is 0.506 e. The molecule has 1 amide bonds. The Morgan fingerprint density at radius 3 is 2.66 bits per heavy atom. The molecule has 0 saturated heterocycles. The third-order valence-electron chi connectivity index (χ3n) is 4.02. The van der Waals surface area contributed by atoms with Gasteiger partial charge in [0.15, 0.2) is 4.84 Å². The van der Waals surface area contributed by atoms with Gasteiger partial charge in [-0.3, -0.25) is 19.6 Å². The summed E-state index contributed by atoms with van der Waals surface area (Å²) < 4.78 is 0.753. The molecule has 10 heteroatoms. The molecule has 0 unspecified atom stereocenters. The van der Waals surface area contributed by atoms with Crippen molar-refractivity contribution in [3.8, 4) is 11.6 Å². The van der Waals surface area contributed by atoms with Crippen LogP contribution in [0.1, 0.15) is 11.1 Å². The highest BCUT2D eigenvalue weighted by Gasteiger charge is 2.14. The van der Waals surface area contributed by atoms with Crippen molar-refractivity contribution < 1.29 is 15.0 Å². The van der Waals surface area contributed by atoms with Crippen LogP contribution >= 0.6 is 39.1 Å². The van der Waals surface area contributed by atoms with E-state index >= 15 is 0 Å². The number of hydrogen-bond donors (Lipinski definition) is 4. The Hall–Kier alpha value is -2.55. The summed E-state index contributed by atoms with van der Waals surface area (Å²) in [6.45, 7) is 0.184. The van der Waals surface area contributed by atoms with Gasteiger partial charge in [0, 0.05) is 21.5 Å². The number of benzene rings is 2. The van der Waals surface area contributed by atoms with Gasteiger partial charge in [-0.15, -0.1) is 0 Å². The van der Waals surface area contributed by atoms with Gasteiger partial charge >= 0.3 is 0 Å². The number of alkyl halides is 2. The normalized spacial score (nSPS) is 11.4. The Morgan fingerprint density at radius 2 is 1.97 bits per heavy atom. The van der Waals surface area contributed by atoms with Gasteiger partial charge in [-0.2, -0.15) is 0 Å². The fourth-order valence-electron chi connectivity index (χ4n) is 2.65. The number of phenolic OH excluding ortho intramolecular Hbond substituents is 1. The van der Waals surface area contributed by atoms with Crippen LogP contribution in [0.15, 0.2) is 50.7 Å². The Balaban J connectivity index is 1.84. The number of aromatic nitrogens is 1. The van der Waals surface area contributed by atoms with E-state index in [1.165, 1.54) is 18.3 Å². The molecule has 3 rings (SSSR count). The topological polar surface area (TPSA) is 115 Å². The van der Waals surface area contributed by atoms with Gasteiger partial charge in [-0.05, 0) is 35.9 Å². The molecule has 29 heavy (non-hydrogen) atoms. The summed E-state index contributed by atoms with van der Waals surface area (Å²) in [7, 11) is 0. The summed E-state index contributed by atoms with van der Waals surface area (Å²) in [5.74, 6) is -1.11. The number of nitrogens with one attached hydrogen (secondary N) is 2. The van der Waals surface area contributed by atoms with Gasteiger partial charge < -0.3 is 15.5 Å². The van der Waals surface area contributed by atoms with E-state index in [0.29, 0.717) is 21.9 Å². The van der Waals surface area contributed by atoms with Crippen LogP contribution in [0.4, 0.5) is 5.69 Å². The number of aromatic hydroxyl groups is 2. The van der Waals surface area contributed by atoms with E-state index in [1.807, 2.05) is 0 Å².